The van der Waals surface area contributed by atoms with E-state index < -0.39 is 39.9 Å². The molecule has 1 N–H and O–H groups in total. The maximum atomic E-state index is 11.9. The highest BCUT2D eigenvalue weighted by atomic mass is 32.2. The van der Waals surface area contributed by atoms with Crippen LogP contribution < -0.4 is 4.72 Å². The zero-order valence-electron chi connectivity index (χ0n) is 14.8. The van der Waals surface area contributed by atoms with Gasteiger partial charge in [0.25, 0.3) is 0 Å². The van der Waals surface area contributed by atoms with E-state index in [0.29, 0.717) is 0 Å². The van der Waals surface area contributed by atoms with Crippen LogP contribution in [-0.4, -0.2) is 63.8 Å². The van der Waals surface area contributed by atoms with Gasteiger partial charge in [0.05, 0.1) is 6.61 Å². The average molecular weight is 379 g/mol. The lowest BCUT2D eigenvalue weighted by atomic mass is 9.98. The van der Waals surface area contributed by atoms with E-state index in [1.54, 1.807) is 27.7 Å². The van der Waals surface area contributed by atoms with Crippen molar-refractivity contribution >= 4 is 10.3 Å². The highest BCUT2D eigenvalue weighted by Crippen LogP contribution is 2.47. The molecule has 0 radical (unpaired) electrons. The van der Waals surface area contributed by atoms with Gasteiger partial charge < -0.3 is 23.7 Å². The molecule has 0 aliphatic carbocycles. The summed E-state index contributed by atoms with van der Waals surface area (Å²) in [5, 5.41) is 0. The minimum atomic E-state index is -3.98. The van der Waals surface area contributed by atoms with Crippen LogP contribution >= 0.6 is 0 Å². The van der Waals surface area contributed by atoms with Gasteiger partial charge in [0.2, 0.25) is 5.79 Å². The second-order valence-electron chi connectivity index (χ2n) is 7.16. The molecule has 0 saturated carbocycles. The number of hydrogen-bond donors (Lipinski definition) is 1. The second kappa shape index (κ2) is 6.24. The van der Waals surface area contributed by atoms with Crippen molar-refractivity contribution in [3.8, 4) is 0 Å². The molecular formula is C15H25NO8S. The maximum absolute atomic E-state index is 11.9. The SMILES string of the molecule is C=CCNS(=O)(=O)OC[C@@]12OC[C@H]3OC(C)(C)O[C@H]3C1OC(C)(C)O2. The Morgan fingerprint density at radius 2 is 1.92 bits per heavy atom. The summed E-state index contributed by atoms with van der Waals surface area (Å²) in [4.78, 5) is 0. The lowest BCUT2D eigenvalue weighted by molar-refractivity contribution is -0.290. The predicted molar refractivity (Wildman–Crippen MR) is 85.6 cm³/mol. The minimum absolute atomic E-state index is 0.0539. The van der Waals surface area contributed by atoms with Crippen LogP contribution in [0.5, 0.6) is 0 Å². The zero-order valence-corrected chi connectivity index (χ0v) is 15.6. The molecule has 0 aromatic heterocycles. The summed E-state index contributed by atoms with van der Waals surface area (Å²) in [6, 6.07) is 0. The molecule has 10 heteroatoms. The first kappa shape index (κ1) is 19.2. The first-order chi connectivity index (χ1) is 11.5. The van der Waals surface area contributed by atoms with Crippen LogP contribution in [0.1, 0.15) is 27.7 Å². The van der Waals surface area contributed by atoms with Gasteiger partial charge in [-0.05, 0) is 27.7 Å². The molecular weight excluding hydrogens is 354 g/mol. The molecule has 3 rings (SSSR count). The van der Waals surface area contributed by atoms with Crippen LogP contribution in [0.2, 0.25) is 0 Å². The summed E-state index contributed by atoms with van der Waals surface area (Å²) in [6.45, 7) is 10.3. The Bertz CT molecular complexity index is 633. The molecule has 0 aromatic carbocycles. The number of fused-ring (bicyclic) bond motifs is 3. The summed E-state index contributed by atoms with van der Waals surface area (Å²) < 4.78 is 60.6. The lowest BCUT2D eigenvalue weighted by Crippen LogP contribution is -2.60. The van der Waals surface area contributed by atoms with Crippen molar-refractivity contribution in [2.45, 2.75) is 63.4 Å². The van der Waals surface area contributed by atoms with Crippen molar-refractivity contribution in [3.05, 3.63) is 12.7 Å². The van der Waals surface area contributed by atoms with E-state index in [9.17, 15) is 8.42 Å². The third-order valence-electron chi connectivity index (χ3n) is 4.09. The van der Waals surface area contributed by atoms with E-state index in [1.807, 2.05) is 0 Å². The molecule has 3 saturated heterocycles. The van der Waals surface area contributed by atoms with Gasteiger partial charge in [-0.25, -0.2) is 0 Å². The van der Waals surface area contributed by atoms with Crippen LogP contribution in [0.3, 0.4) is 0 Å². The Balaban J connectivity index is 1.79. The van der Waals surface area contributed by atoms with Crippen LogP contribution in [0.15, 0.2) is 12.7 Å². The first-order valence-corrected chi connectivity index (χ1v) is 9.51. The van der Waals surface area contributed by atoms with Gasteiger partial charge in [0, 0.05) is 6.54 Å². The van der Waals surface area contributed by atoms with Crippen LogP contribution in [-0.2, 0) is 38.2 Å². The van der Waals surface area contributed by atoms with Crippen molar-refractivity contribution in [2.75, 3.05) is 19.8 Å². The van der Waals surface area contributed by atoms with E-state index in [1.165, 1.54) is 6.08 Å². The van der Waals surface area contributed by atoms with Gasteiger partial charge in [0.15, 0.2) is 11.6 Å². The fourth-order valence-electron chi connectivity index (χ4n) is 3.31. The number of ether oxygens (including phenoxy) is 5. The molecule has 3 aliphatic rings. The fraction of sp³-hybridized carbons (Fsp3) is 0.867. The topological polar surface area (TPSA) is 102 Å². The summed E-state index contributed by atoms with van der Waals surface area (Å²) in [6.07, 6.45) is -0.0787. The average Bonchev–Trinajstić information content (AvgIpc) is 2.95. The number of hydrogen-bond acceptors (Lipinski definition) is 8. The molecule has 3 heterocycles. The highest BCUT2D eigenvalue weighted by molar-refractivity contribution is 7.84. The second-order valence-corrected chi connectivity index (χ2v) is 8.59. The fourth-order valence-corrected chi connectivity index (χ4v) is 4.03. The molecule has 3 aliphatic heterocycles. The highest BCUT2D eigenvalue weighted by Gasteiger charge is 2.65. The van der Waals surface area contributed by atoms with Gasteiger partial charge in [0.1, 0.15) is 24.9 Å². The Labute approximate surface area is 147 Å². The molecule has 3 fully saturated rings. The quantitative estimate of drug-likeness (QED) is 0.663. The molecule has 0 bridgehead atoms. The normalized spacial score (nSPS) is 39.0. The third kappa shape index (κ3) is 3.91. The molecule has 0 aromatic rings. The van der Waals surface area contributed by atoms with Crippen LogP contribution in [0.4, 0.5) is 0 Å². The molecule has 1 unspecified atom stereocenters. The molecule has 144 valence electrons. The standard InChI is InChI=1S/C15H25NO8S/c1-6-7-16-25(17,18)20-9-15-12(23-14(4,5)24-15)11-10(8-19-15)21-13(2,3)22-11/h6,10-12,16H,1,7-9H2,2-5H3/t10-,11-,12?,15+/m1/s1. The summed E-state index contributed by atoms with van der Waals surface area (Å²) >= 11 is 0. The lowest BCUT2D eigenvalue weighted by Gasteiger charge is -2.40. The summed E-state index contributed by atoms with van der Waals surface area (Å²) in [5.41, 5.74) is 0. The van der Waals surface area contributed by atoms with Crippen molar-refractivity contribution in [1.82, 2.24) is 4.72 Å². The van der Waals surface area contributed by atoms with Gasteiger partial charge >= 0.3 is 10.3 Å². The van der Waals surface area contributed by atoms with Gasteiger partial charge in [-0.1, -0.05) is 6.08 Å². The van der Waals surface area contributed by atoms with Gasteiger partial charge in [-0.2, -0.15) is 13.1 Å². The van der Waals surface area contributed by atoms with E-state index in [0.717, 1.165) is 0 Å². The van der Waals surface area contributed by atoms with Gasteiger partial charge in [-0.3, -0.25) is 4.18 Å². The Morgan fingerprint density at radius 1 is 1.20 bits per heavy atom. The molecule has 0 amide bonds. The van der Waals surface area contributed by atoms with E-state index in [4.69, 9.17) is 27.9 Å². The molecule has 4 atom stereocenters. The minimum Gasteiger partial charge on any atom is -0.343 e. The summed E-state index contributed by atoms with van der Waals surface area (Å²) in [7, 11) is -3.98. The van der Waals surface area contributed by atoms with Crippen molar-refractivity contribution in [1.29, 1.82) is 0 Å². The van der Waals surface area contributed by atoms with Crippen molar-refractivity contribution < 1.29 is 36.3 Å². The van der Waals surface area contributed by atoms with E-state index in [2.05, 4.69) is 11.3 Å². The molecule has 9 nitrogen and oxygen atoms in total. The molecule has 25 heavy (non-hydrogen) atoms. The van der Waals surface area contributed by atoms with Crippen LogP contribution in [0, 0.1) is 0 Å². The monoisotopic (exact) mass is 379 g/mol. The van der Waals surface area contributed by atoms with E-state index >= 15 is 0 Å². The largest absolute Gasteiger partial charge is 0.343 e. The summed E-state index contributed by atoms with van der Waals surface area (Å²) in [5.74, 6) is -3.18. The Kier molecular flexibility index (Phi) is 4.79. The van der Waals surface area contributed by atoms with Crippen molar-refractivity contribution in [3.63, 3.8) is 0 Å². The number of nitrogens with one attached hydrogen (secondary N) is 1. The smallest absolute Gasteiger partial charge is 0.336 e. The maximum Gasteiger partial charge on any atom is 0.336 e. The molecule has 0 spiro atoms. The zero-order chi connectivity index (χ0) is 18.5. The first-order valence-electron chi connectivity index (χ1n) is 8.10. The van der Waals surface area contributed by atoms with Crippen molar-refractivity contribution in [2.24, 2.45) is 0 Å². The number of rotatable bonds is 6. The Morgan fingerprint density at radius 3 is 2.60 bits per heavy atom. The van der Waals surface area contributed by atoms with Crippen LogP contribution in [0.25, 0.3) is 0 Å². The van der Waals surface area contributed by atoms with Gasteiger partial charge in [-0.15, -0.1) is 6.58 Å². The van der Waals surface area contributed by atoms with E-state index in [-0.39, 0.29) is 25.9 Å². The predicted octanol–water partition coefficient (Wildman–Crippen LogP) is 0.422. The Hall–Kier alpha value is -0.590. The third-order valence-corrected chi connectivity index (χ3v) is 5.04.